The van der Waals surface area contributed by atoms with Crippen LogP contribution in [0.1, 0.15) is 31.1 Å². The third-order valence-corrected chi connectivity index (χ3v) is 4.11. The fourth-order valence-corrected chi connectivity index (χ4v) is 2.34. The summed E-state index contributed by atoms with van der Waals surface area (Å²) >= 11 is 5.90. The van der Waals surface area contributed by atoms with Crippen LogP contribution in [0.3, 0.4) is 0 Å². The highest BCUT2D eigenvalue weighted by molar-refractivity contribution is 6.31. The molecule has 0 atom stereocenters. The summed E-state index contributed by atoms with van der Waals surface area (Å²) in [7, 11) is 0. The van der Waals surface area contributed by atoms with Crippen molar-refractivity contribution in [2.75, 3.05) is 17.2 Å². The van der Waals surface area contributed by atoms with Gasteiger partial charge in [0, 0.05) is 16.4 Å². The van der Waals surface area contributed by atoms with Crippen LogP contribution in [0.25, 0.3) is 0 Å². The van der Waals surface area contributed by atoms with Gasteiger partial charge in [0.05, 0.1) is 12.2 Å². The fraction of sp³-hybridized carbons (Fsp3) is 0.250. The van der Waals surface area contributed by atoms with E-state index in [1.54, 1.807) is 55.5 Å². The number of esters is 1. The lowest BCUT2D eigenvalue weighted by atomic mass is 9.90. The molecule has 0 saturated heterocycles. The van der Waals surface area contributed by atoms with E-state index in [2.05, 4.69) is 10.6 Å². The molecule has 0 heterocycles. The van der Waals surface area contributed by atoms with Crippen LogP contribution in [0.15, 0.2) is 48.5 Å². The molecular weight excluding hydrogens is 368 g/mol. The maximum atomic E-state index is 12.6. The van der Waals surface area contributed by atoms with Crippen LogP contribution in [0.5, 0.6) is 0 Å². The summed E-state index contributed by atoms with van der Waals surface area (Å²) in [6, 6.07) is 12.9. The Morgan fingerprint density at radius 1 is 0.963 bits per heavy atom. The summed E-state index contributed by atoms with van der Waals surface area (Å²) in [4.78, 5) is 36.7. The number of ether oxygens (including phenoxy) is 1. The van der Waals surface area contributed by atoms with Gasteiger partial charge in [0.2, 0.25) is 11.8 Å². The summed E-state index contributed by atoms with van der Waals surface area (Å²) in [5.41, 5.74) is 0.0268. The van der Waals surface area contributed by atoms with Crippen molar-refractivity contribution < 1.29 is 19.1 Å². The molecule has 0 unspecified atom stereocenters. The van der Waals surface area contributed by atoms with Crippen molar-refractivity contribution in [1.82, 2.24) is 0 Å². The Balaban J connectivity index is 2.04. The van der Waals surface area contributed by atoms with E-state index < -0.39 is 23.2 Å². The molecule has 0 saturated carbocycles. The Bertz CT molecular complexity index is 847. The van der Waals surface area contributed by atoms with Crippen LogP contribution in [-0.2, 0) is 14.3 Å². The smallest absolute Gasteiger partial charge is 0.338 e. The number of nitrogens with one attached hydrogen (secondary N) is 2. The molecule has 7 heteroatoms. The molecule has 0 fully saturated rings. The van der Waals surface area contributed by atoms with Crippen molar-refractivity contribution in [2.24, 2.45) is 5.41 Å². The molecule has 6 nitrogen and oxygen atoms in total. The molecule has 0 radical (unpaired) electrons. The number of carbonyl (C=O) groups is 3. The molecule has 2 amide bonds. The van der Waals surface area contributed by atoms with E-state index in [4.69, 9.17) is 16.3 Å². The minimum atomic E-state index is -1.33. The lowest BCUT2D eigenvalue weighted by Crippen LogP contribution is -2.41. The average molecular weight is 389 g/mol. The lowest BCUT2D eigenvalue weighted by Gasteiger charge is -2.23. The first-order chi connectivity index (χ1) is 12.7. The molecule has 2 N–H and O–H groups in total. The predicted molar refractivity (Wildman–Crippen MR) is 105 cm³/mol. The first-order valence-corrected chi connectivity index (χ1v) is 8.77. The number of halogens is 1. The predicted octanol–water partition coefficient (Wildman–Crippen LogP) is 4.12. The largest absolute Gasteiger partial charge is 0.462 e. The fourth-order valence-electron chi connectivity index (χ4n) is 2.15. The monoisotopic (exact) mass is 388 g/mol. The number of anilines is 2. The van der Waals surface area contributed by atoms with Crippen LogP contribution in [-0.4, -0.2) is 24.4 Å². The van der Waals surface area contributed by atoms with Gasteiger partial charge in [-0.1, -0.05) is 17.7 Å². The highest BCUT2D eigenvalue weighted by Crippen LogP contribution is 2.23. The quantitative estimate of drug-likeness (QED) is 0.575. The van der Waals surface area contributed by atoms with Crippen molar-refractivity contribution in [2.45, 2.75) is 20.8 Å². The maximum absolute atomic E-state index is 12.6. The van der Waals surface area contributed by atoms with Crippen LogP contribution in [0.4, 0.5) is 11.4 Å². The summed E-state index contributed by atoms with van der Waals surface area (Å²) in [6.07, 6.45) is 0. The maximum Gasteiger partial charge on any atom is 0.338 e. The minimum absolute atomic E-state index is 0.285. The van der Waals surface area contributed by atoms with Crippen LogP contribution in [0.2, 0.25) is 5.02 Å². The molecule has 2 aromatic carbocycles. The first kappa shape index (κ1) is 20.5. The highest BCUT2D eigenvalue weighted by Gasteiger charge is 2.36. The van der Waals surface area contributed by atoms with Crippen molar-refractivity contribution in [3.05, 3.63) is 59.1 Å². The van der Waals surface area contributed by atoms with E-state index in [0.717, 1.165) is 0 Å². The van der Waals surface area contributed by atoms with Gasteiger partial charge in [0.15, 0.2) is 0 Å². The number of amides is 2. The molecule has 2 rings (SSSR count). The molecular formula is C20H21ClN2O4. The highest BCUT2D eigenvalue weighted by atomic mass is 35.5. The molecule has 0 spiro atoms. The summed E-state index contributed by atoms with van der Waals surface area (Å²) < 4.78 is 4.91. The van der Waals surface area contributed by atoms with Gasteiger partial charge in [-0.15, -0.1) is 0 Å². The molecule has 0 aliphatic rings. The van der Waals surface area contributed by atoms with Gasteiger partial charge in [0.25, 0.3) is 0 Å². The van der Waals surface area contributed by atoms with Gasteiger partial charge in [-0.3, -0.25) is 9.59 Å². The second-order valence-electron chi connectivity index (χ2n) is 6.34. The van der Waals surface area contributed by atoms with Crippen molar-refractivity contribution >= 4 is 40.8 Å². The van der Waals surface area contributed by atoms with Gasteiger partial charge < -0.3 is 15.4 Å². The lowest BCUT2D eigenvalue weighted by molar-refractivity contribution is -0.135. The van der Waals surface area contributed by atoms with Gasteiger partial charge >= 0.3 is 5.97 Å². The Morgan fingerprint density at radius 2 is 1.56 bits per heavy atom. The molecule has 0 aliphatic heterocycles. The van der Waals surface area contributed by atoms with Gasteiger partial charge in [-0.05, 0) is 63.2 Å². The Kier molecular flexibility index (Phi) is 6.58. The van der Waals surface area contributed by atoms with Crippen LogP contribution >= 0.6 is 11.6 Å². The van der Waals surface area contributed by atoms with E-state index in [1.807, 2.05) is 0 Å². The zero-order valence-electron chi connectivity index (χ0n) is 15.3. The van der Waals surface area contributed by atoms with Crippen molar-refractivity contribution in [3.63, 3.8) is 0 Å². The number of rotatable bonds is 6. The zero-order chi connectivity index (χ0) is 20.0. The molecule has 0 aromatic heterocycles. The SMILES string of the molecule is CCOC(=O)c1ccc(NC(=O)C(C)(C)C(=O)Nc2cccc(Cl)c2)cc1. The minimum Gasteiger partial charge on any atom is -0.462 e. The average Bonchev–Trinajstić information content (AvgIpc) is 2.62. The summed E-state index contributed by atoms with van der Waals surface area (Å²) in [5, 5.41) is 5.85. The van der Waals surface area contributed by atoms with Crippen LogP contribution < -0.4 is 10.6 Å². The third-order valence-electron chi connectivity index (χ3n) is 3.87. The number of benzene rings is 2. The topological polar surface area (TPSA) is 84.5 Å². The van der Waals surface area contributed by atoms with Gasteiger partial charge in [0.1, 0.15) is 5.41 Å². The first-order valence-electron chi connectivity index (χ1n) is 8.39. The van der Waals surface area contributed by atoms with Gasteiger partial charge in [-0.2, -0.15) is 0 Å². The van der Waals surface area contributed by atoms with E-state index in [-0.39, 0.29) is 6.61 Å². The third kappa shape index (κ3) is 5.31. The molecule has 27 heavy (non-hydrogen) atoms. The van der Waals surface area contributed by atoms with E-state index in [9.17, 15) is 14.4 Å². The zero-order valence-corrected chi connectivity index (χ0v) is 16.1. The Labute approximate surface area is 162 Å². The Hall–Kier alpha value is -2.86. The Morgan fingerprint density at radius 3 is 2.11 bits per heavy atom. The number of hydrogen-bond donors (Lipinski definition) is 2. The standard InChI is InChI=1S/C20H21ClN2O4/c1-4-27-17(24)13-8-10-15(11-9-13)22-18(25)20(2,3)19(26)23-16-7-5-6-14(21)12-16/h5-12H,4H2,1-3H3,(H,22,25)(H,23,26). The molecule has 2 aromatic rings. The molecule has 142 valence electrons. The second kappa shape index (κ2) is 8.68. The van der Waals surface area contributed by atoms with Crippen LogP contribution in [0, 0.1) is 5.41 Å². The number of carbonyl (C=O) groups excluding carboxylic acids is 3. The van der Waals surface area contributed by atoms with Crippen molar-refractivity contribution in [1.29, 1.82) is 0 Å². The molecule has 0 aliphatic carbocycles. The van der Waals surface area contributed by atoms with E-state index >= 15 is 0 Å². The molecule has 0 bridgehead atoms. The van der Waals surface area contributed by atoms with Crippen molar-refractivity contribution in [3.8, 4) is 0 Å². The normalized spacial score (nSPS) is 10.8. The van der Waals surface area contributed by atoms with E-state index in [1.165, 1.54) is 13.8 Å². The second-order valence-corrected chi connectivity index (χ2v) is 6.78. The number of hydrogen-bond acceptors (Lipinski definition) is 4. The van der Waals surface area contributed by atoms with E-state index in [0.29, 0.717) is 22.0 Å². The van der Waals surface area contributed by atoms with Gasteiger partial charge in [-0.25, -0.2) is 4.79 Å². The summed E-state index contributed by atoms with van der Waals surface area (Å²) in [5.74, 6) is -1.38. The summed E-state index contributed by atoms with van der Waals surface area (Å²) in [6.45, 7) is 5.06.